The van der Waals surface area contributed by atoms with E-state index in [2.05, 4.69) is 17.4 Å². The number of hydrogen-bond acceptors (Lipinski definition) is 3. The van der Waals surface area contributed by atoms with Crippen molar-refractivity contribution in [1.29, 1.82) is 0 Å². The minimum absolute atomic E-state index is 0.0375. The van der Waals surface area contributed by atoms with Gasteiger partial charge in [-0.2, -0.15) is 0 Å². The molecule has 2 aliphatic rings. The van der Waals surface area contributed by atoms with Crippen LogP contribution >= 0.6 is 0 Å². The van der Waals surface area contributed by atoms with Crippen LogP contribution in [0, 0.1) is 5.92 Å². The number of aliphatic carboxylic acids is 1. The zero-order chi connectivity index (χ0) is 14.8. The van der Waals surface area contributed by atoms with Gasteiger partial charge in [-0.1, -0.05) is 24.3 Å². The van der Waals surface area contributed by atoms with Crippen LogP contribution in [0.1, 0.15) is 24.0 Å². The number of benzene rings is 1. The highest BCUT2D eigenvalue weighted by Crippen LogP contribution is 2.21. The number of nitrogens with one attached hydrogen (secondary N) is 1. The Morgan fingerprint density at radius 3 is 2.76 bits per heavy atom. The maximum atomic E-state index is 12.6. The van der Waals surface area contributed by atoms with Gasteiger partial charge < -0.3 is 15.3 Å². The first-order valence-corrected chi connectivity index (χ1v) is 7.47. The average Bonchev–Trinajstić information content (AvgIpc) is 2.53. The molecule has 0 spiro atoms. The van der Waals surface area contributed by atoms with Gasteiger partial charge in [-0.15, -0.1) is 0 Å². The van der Waals surface area contributed by atoms with Crippen molar-refractivity contribution in [2.24, 2.45) is 5.92 Å². The predicted molar refractivity (Wildman–Crippen MR) is 77.7 cm³/mol. The normalized spacial score (nSPS) is 25.2. The quantitative estimate of drug-likeness (QED) is 0.852. The molecule has 5 heteroatoms. The van der Waals surface area contributed by atoms with Crippen LogP contribution in [0.2, 0.25) is 0 Å². The first-order chi connectivity index (χ1) is 10.1. The van der Waals surface area contributed by atoms with Crippen LogP contribution in [0.25, 0.3) is 0 Å². The summed E-state index contributed by atoms with van der Waals surface area (Å²) < 4.78 is 0. The molecule has 2 heterocycles. The van der Waals surface area contributed by atoms with Gasteiger partial charge in [0.25, 0.3) is 0 Å². The van der Waals surface area contributed by atoms with Crippen molar-refractivity contribution < 1.29 is 14.7 Å². The highest BCUT2D eigenvalue weighted by molar-refractivity contribution is 5.83. The van der Waals surface area contributed by atoms with Crippen molar-refractivity contribution in [3.63, 3.8) is 0 Å². The molecule has 5 nitrogen and oxygen atoms in total. The molecule has 0 saturated carbocycles. The molecule has 2 N–H and O–H groups in total. The Balaban J connectivity index is 1.67. The Hall–Kier alpha value is -1.88. The molecule has 1 unspecified atom stereocenters. The number of likely N-dealkylation sites (tertiary alicyclic amines) is 1. The number of amides is 1. The fourth-order valence-corrected chi connectivity index (χ4v) is 3.23. The zero-order valence-corrected chi connectivity index (χ0v) is 11.9. The summed E-state index contributed by atoms with van der Waals surface area (Å²) in [6, 6.07) is 7.90. The highest BCUT2D eigenvalue weighted by atomic mass is 16.4. The van der Waals surface area contributed by atoms with Gasteiger partial charge in [0.1, 0.15) is 0 Å². The number of nitrogens with zero attached hydrogens (tertiary/aromatic N) is 1. The SMILES string of the molecule is O=C(O)[C@H]1CCCN(C(=O)C2Cc3ccccc3CN2)C1. The number of piperidine rings is 1. The Labute approximate surface area is 123 Å². The molecule has 1 fully saturated rings. The fourth-order valence-electron chi connectivity index (χ4n) is 3.23. The van der Waals surface area contributed by atoms with E-state index in [1.165, 1.54) is 11.1 Å². The number of fused-ring (bicyclic) bond motifs is 1. The summed E-state index contributed by atoms with van der Waals surface area (Å²) in [5, 5.41) is 12.4. The second-order valence-corrected chi connectivity index (χ2v) is 5.87. The summed E-state index contributed by atoms with van der Waals surface area (Å²) in [6.07, 6.45) is 2.12. The van der Waals surface area contributed by atoms with E-state index in [4.69, 9.17) is 5.11 Å². The summed E-state index contributed by atoms with van der Waals surface area (Å²) in [5.41, 5.74) is 2.45. The number of hydrogen-bond donors (Lipinski definition) is 2. The zero-order valence-electron chi connectivity index (χ0n) is 11.9. The smallest absolute Gasteiger partial charge is 0.308 e. The van der Waals surface area contributed by atoms with E-state index in [0.717, 1.165) is 6.42 Å². The molecule has 0 aliphatic carbocycles. The molecule has 112 valence electrons. The Morgan fingerprint density at radius 2 is 2.00 bits per heavy atom. The summed E-state index contributed by atoms with van der Waals surface area (Å²) >= 11 is 0. The number of carboxylic acids is 1. The van der Waals surface area contributed by atoms with E-state index in [1.54, 1.807) is 4.90 Å². The van der Waals surface area contributed by atoms with E-state index >= 15 is 0 Å². The molecular formula is C16H20N2O3. The maximum absolute atomic E-state index is 12.6. The second kappa shape index (κ2) is 5.85. The number of carboxylic acid groups (broad SMARTS) is 1. The molecule has 2 aliphatic heterocycles. The van der Waals surface area contributed by atoms with E-state index in [0.29, 0.717) is 32.5 Å². The molecule has 1 aromatic rings. The summed E-state index contributed by atoms with van der Waals surface area (Å²) in [4.78, 5) is 25.4. The Kier molecular flexibility index (Phi) is 3.92. The largest absolute Gasteiger partial charge is 0.481 e. The minimum Gasteiger partial charge on any atom is -0.481 e. The third kappa shape index (κ3) is 2.93. The molecule has 3 rings (SSSR count). The van der Waals surface area contributed by atoms with Crippen LogP contribution in [0.3, 0.4) is 0 Å². The molecule has 1 amide bonds. The van der Waals surface area contributed by atoms with Crippen molar-refractivity contribution >= 4 is 11.9 Å². The third-order valence-electron chi connectivity index (χ3n) is 4.46. The Bertz CT molecular complexity index is 558. The van der Waals surface area contributed by atoms with Crippen LogP contribution in [0.4, 0.5) is 0 Å². The highest BCUT2D eigenvalue weighted by Gasteiger charge is 2.33. The predicted octanol–water partition coefficient (Wildman–Crippen LogP) is 1.02. The van der Waals surface area contributed by atoms with Gasteiger partial charge in [0.05, 0.1) is 12.0 Å². The first-order valence-electron chi connectivity index (χ1n) is 7.47. The molecule has 1 aromatic carbocycles. The molecule has 0 radical (unpaired) electrons. The molecular weight excluding hydrogens is 268 g/mol. The van der Waals surface area contributed by atoms with Gasteiger partial charge >= 0.3 is 5.97 Å². The molecule has 21 heavy (non-hydrogen) atoms. The standard InChI is InChI=1S/C16H20N2O3/c19-15(18-7-3-6-13(10-18)16(20)21)14-8-11-4-1-2-5-12(11)9-17-14/h1-2,4-5,13-14,17H,3,6-10H2,(H,20,21)/t13-,14?/m0/s1. The van der Waals surface area contributed by atoms with Gasteiger partial charge in [0.15, 0.2) is 0 Å². The lowest BCUT2D eigenvalue weighted by atomic mass is 9.93. The fraction of sp³-hybridized carbons (Fsp3) is 0.500. The van der Waals surface area contributed by atoms with Gasteiger partial charge in [0.2, 0.25) is 5.91 Å². The minimum atomic E-state index is -0.797. The van der Waals surface area contributed by atoms with Crippen LogP contribution in [0.5, 0.6) is 0 Å². The van der Waals surface area contributed by atoms with Gasteiger partial charge in [-0.05, 0) is 30.4 Å². The maximum Gasteiger partial charge on any atom is 0.308 e. The lowest BCUT2D eigenvalue weighted by Gasteiger charge is -2.35. The van der Waals surface area contributed by atoms with E-state index in [-0.39, 0.29) is 11.9 Å². The van der Waals surface area contributed by atoms with Crippen LogP contribution in [-0.4, -0.2) is 41.0 Å². The summed E-state index contributed by atoms with van der Waals surface area (Å²) in [5.74, 6) is -1.18. The number of rotatable bonds is 2. The van der Waals surface area contributed by atoms with Crippen LogP contribution in [0.15, 0.2) is 24.3 Å². The van der Waals surface area contributed by atoms with Gasteiger partial charge in [-0.3, -0.25) is 9.59 Å². The van der Waals surface area contributed by atoms with Crippen molar-refractivity contribution in [3.05, 3.63) is 35.4 Å². The van der Waals surface area contributed by atoms with Gasteiger partial charge in [-0.25, -0.2) is 0 Å². The first kappa shape index (κ1) is 14.1. The lowest BCUT2D eigenvalue weighted by molar-refractivity contribution is -0.146. The van der Waals surface area contributed by atoms with Crippen molar-refractivity contribution in [1.82, 2.24) is 10.2 Å². The molecule has 1 saturated heterocycles. The lowest BCUT2D eigenvalue weighted by Crippen LogP contribution is -2.52. The molecule has 0 bridgehead atoms. The van der Waals surface area contributed by atoms with Crippen LogP contribution in [-0.2, 0) is 22.6 Å². The van der Waals surface area contributed by atoms with Crippen molar-refractivity contribution in [2.75, 3.05) is 13.1 Å². The van der Waals surface area contributed by atoms with Crippen LogP contribution < -0.4 is 5.32 Å². The van der Waals surface area contributed by atoms with E-state index in [9.17, 15) is 9.59 Å². The monoisotopic (exact) mass is 288 g/mol. The average molecular weight is 288 g/mol. The number of carbonyl (C=O) groups excluding carboxylic acids is 1. The van der Waals surface area contributed by atoms with Gasteiger partial charge in [0, 0.05) is 19.6 Å². The second-order valence-electron chi connectivity index (χ2n) is 5.87. The Morgan fingerprint density at radius 1 is 1.24 bits per heavy atom. The third-order valence-corrected chi connectivity index (χ3v) is 4.46. The topological polar surface area (TPSA) is 69.6 Å². The molecule has 2 atom stereocenters. The summed E-state index contributed by atoms with van der Waals surface area (Å²) in [7, 11) is 0. The molecule has 0 aromatic heterocycles. The van der Waals surface area contributed by atoms with E-state index in [1.807, 2.05) is 12.1 Å². The van der Waals surface area contributed by atoms with Crippen molar-refractivity contribution in [2.45, 2.75) is 31.8 Å². The summed E-state index contributed by atoms with van der Waals surface area (Å²) in [6.45, 7) is 1.71. The van der Waals surface area contributed by atoms with E-state index < -0.39 is 11.9 Å². The number of carbonyl (C=O) groups is 2. The van der Waals surface area contributed by atoms with Crippen molar-refractivity contribution in [3.8, 4) is 0 Å².